The molecular formula is C12H16BrN. The first kappa shape index (κ1) is 10.2. The van der Waals surface area contributed by atoms with Crippen LogP contribution in [0.25, 0.3) is 0 Å². The van der Waals surface area contributed by atoms with Crippen molar-refractivity contribution in [3.8, 4) is 0 Å². The summed E-state index contributed by atoms with van der Waals surface area (Å²) in [6, 6.07) is 7.21. The highest BCUT2D eigenvalue weighted by Gasteiger charge is 2.31. The summed E-state index contributed by atoms with van der Waals surface area (Å²) in [7, 11) is 2.06. The van der Waals surface area contributed by atoms with Crippen LogP contribution in [0.3, 0.4) is 0 Å². The lowest BCUT2D eigenvalue weighted by Gasteiger charge is -2.16. The number of rotatable bonds is 3. The largest absolute Gasteiger partial charge is 0.313 e. The maximum absolute atomic E-state index is 3.53. The Hall–Kier alpha value is -0.340. The minimum Gasteiger partial charge on any atom is -0.313 e. The van der Waals surface area contributed by atoms with Crippen molar-refractivity contribution in [3.63, 3.8) is 0 Å². The van der Waals surface area contributed by atoms with E-state index in [1.54, 1.807) is 0 Å². The molecule has 1 aliphatic carbocycles. The fourth-order valence-electron chi connectivity index (χ4n) is 1.97. The van der Waals surface area contributed by atoms with Gasteiger partial charge in [0.05, 0.1) is 0 Å². The van der Waals surface area contributed by atoms with Gasteiger partial charge >= 0.3 is 0 Å². The molecule has 1 aliphatic rings. The molecule has 1 N–H and O–H groups in total. The van der Waals surface area contributed by atoms with E-state index < -0.39 is 0 Å². The molecule has 0 amide bonds. The lowest BCUT2D eigenvalue weighted by molar-refractivity contribution is 0.528. The molecule has 1 aromatic carbocycles. The van der Waals surface area contributed by atoms with Crippen molar-refractivity contribution in [3.05, 3.63) is 33.8 Å². The van der Waals surface area contributed by atoms with Gasteiger partial charge in [0.2, 0.25) is 0 Å². The van der Waals surface area contributed by atoms with E-state index in [4.69, 9.17) is 0 Å². The van der Waals surface area contributed by atoms with Crippen LogP contribution in [-0.2, 0) is 0 Å². The van der Waals surface area contributed by atoms with E-state index in [1.807, 2.05) is 0 Å². The van der Waals surface area contributed by atoms with Gasteiger partial charge in [-0.25, -0.2) is 0 Å². The second-order valence-electron chi connectivity index (χ2n) is 4.11. The fourth-order valence-corrected chi connectivity index (χ4v) is 2.21. The van der Waals surface area contributed by atoms with Crippen molar-refractivity contribution in [1.82, 2.24) is 5.32 Å². The first-order valence-corrected chi connectivity index (χ1v) is 5.95. The molecule has 0 aromatic heterocycles. The molecular weight excluding hydrogens is 238 g/mol. The van der Waals surface area contributed by atoms with Gasteiger partial charge in [0.15, 0.2) is 0 Å². The van der Waals surface area contributed by atoms with Crippen LogP contribution in [0.2, 0.25) is 0 Å². The number of hydrogen-bond acceptors (Lipinski definition) is 1. The molecule has 1 fully saturated rings. The predicted octanol–water partition coefficient (Wildman–Crippen LogP) is 3.43. The van der Waals surface area contributed by atoms with Crippen LogP contribution < -0.4 is 5.32 Å². The van der Waals surface area contributed by atoms with E-state index in [2.05, 4.69) is 53.4 Å². The van der Waals surface area contributed by atoms with Crippen molar-refractivity contribution in [2.45, 2.75) is 25.8 Å². The van der Waals surface area contributed by atoms with Gasteiger partial charge in [-0.15, -0.1) is 0 Å². The highest BCUT2D eigenvalue weighted by atomic mass is 79.9. The average Bonchev–Trinajstić information content (AvgIpc) is 2.96. The summed E-state index contributed by atoms with van der Waals surface area (Å²) >= 11 is 3.53. The van der Waals surface area contributed by atoms with Crippen LogP contribution in [0.4, 0.5) is 0 Å². The normalized spacial score (nSPS) is 18.2. The smallest absolute Gasteiger partial charge is 0.0346 e. The van der Waals surface area contributed by atoms with Crippen molar-refractivity contribution >= 4 is 15.9 Å². The molecule has 2 heteroatoms. The zero-order chi connectivity index (χ0) is 10.1. The Morgan fingerprint density at radius 1 is 1.43 bits per heavy atom. The molecule has 2 rings (SSSR count). The van der Waals surface area contributed by atoms with Crippen molar-refractivity contribution in [1.29, 1.82) is 0 Å². The van der Waals surface area contributed by atoms with Crippen LogP contribution in [0, 0.1) is 12.8 Å². The zero-order valence-electron chi connectivity index (χ0n) is 8.68. The maximum atomic E-state index is 3.53. The SMILES string of the molecule is CNC(c1ccc(Br)c(C)c1)C1CC1. The van der Waals surface area contributed by atoms with E-state index in [0.717, 1.165) is 5.92 Å². The maximum Gasteiger partial charge on any atom is 0.0346 e. The van der Waals surface area contributed by atoms with Gasteiger partial charge in [-0.05, 0) is 49.9 Å². The van der Waals surface area contributed by atoms with Crippen LogP contribution in [0.1, 0.15) is 30.0 Å². The van der Waals surface area contributed by atoms with Gasteiger partial charge in [0.25, 0.3) is 0 Å². The van der Waals surface area contributed by atoms with Gasteiger partial charge < -0.3 is 5.32 Å². The Morgan fingerprint density at radius 3 is 2.64 bits per heavy atom. The topological polar surface area (TPSA) is 12.0 Å². The number of benzene rings is 1. The van der Waals surface area contributed by atoms with E-state index >= 15 is 0 Å². The van der Waals surface area contributed by atoms with Crippen molar-refractivity contribution in [2.24, 2.45) is 5.92 Å². The zero-order valence-corrected chi connectivity index (χ0v) is 10.3. The number of nitrogens with one attached hydrogen (secondary N) is 1. The minimum atomic E-state index is 0.557. The van der Waals surface area contributed by atoms with Gasteiger partial charge in [-0.3, -0.25) is 0 Å². The van der Waals surface area contributed by atoms with Gasteiger partial charge in [0.1, 0.15) is 0 Å². The summed E-state index contributed by atoms with van der Waals surface area (Å²) < 4.78 is 1.20. The molecule has 0 spiro atoms. The first-order valence-electron chi connectivity index (χ1n) is 5.15. The van der Waals surface area contributed by atoms with Crippen LogP contribution >= 0.6 is 15.9 Å². The third kappa shape index (κ3) is 2.01. The minimum absolute atomic E-state index is 0.557. The second kappa shape index (κ2) is 4.03. The summed E-state index contributed by atoms with van der Waals surface area (Å²) in [6.07, 6.45) is 2.75. The first-order chi connectivity index (χ1) is 6.72. The molecule has 0 heterocycles. The Kier molecular flexibility index (Phi) is 2.93. The van der Waals surface area contributed by atoms with Crippen molar-refractivity contribution < 1.29 is 0 Å². The van der Waals surface area contributed by atoms with E-state index in [1.165, 1.54) is 28.4 Å². The second-order valence-corrected chi connectivity index (χ2v) is 4.97. The summed E-state index contributed by atoms with van der Waals surface area (Å²) in [5.74, 6) is 0.862. The lowest BCUT2D eigenvalue weighted by Crippen LogP contribution is -2.18. The fraction of sp³-hybridized carbons (Fsp3) is 0.500. The number of hydrogen-bond donors (Lipinski definition) is 1. The van der Waals surface area contributed by atoms with Crippen LogP contribution in [0.15, 0.2) is 22.7 Å². The van der Waals surface area contributed by atoms with E-state index in [-0.39, 0.29) is 0 Å². The summed E-state index contributed by atoms with van der Waals surface area (Å²) in [5, 5.41) is 3.41. The van der Waals surface area contributed by atoms with E-state index in [9.17, 15) is 0 Å². The molecule has 1 nitrogen and oxygen atoms in total. The van der Waals surface area contributed by atoms with Gasteiger partial charge in [-0.1, -0.05) is 28.1 Å². The van der Waals surface area contributed by atoms with E-state index in [0.29, 0.717) is 6.04 Å². The quantitative estimate of drug-likeness (QED) is 0.871. The Balaban J connectivity index is 2.25. The monoisotopic (exact) mass is 253 g/mol. The highest BCUT2D eigenvalue weighted by Crippen LogP contribution is 2.41. The molecule has 1 atom stereocenters. The standard InChI is InChI=1S/C12H16BrN/c1-8-7-10(5-6-11(8)13)12(14-2)9-3-4-9/h5-7,9,12,14H,3-4H2,1-2H3. The molecule has 1 aromatic rings. The molecule has 1 saturated carbocycles. The van der Waals surface area contributed by atoms with Gasteiger partial charge in [0, 0.05) is 10.5 Å². The molecule has 0 aliphatic heterocycles. The van der Waals surface area contributed by atoms with Crippen LogP contribution in [-0.4, -0.2) is 7.05 Å². The lowest BCUT2D eigenvalue weighted by atomic mass is 10.0. The molecule has 76 valence electrons. The highest BCUT2D eigenvalue weighted by molar-refractivity contribution is 9.10. The third-order valence-corrected chi connectivity index (χ3v) is 3.84. The number of halogens is 1. The van der Waals surface area contributed by atoms with Crippen LogP contribution in [0.5, 0.6) is 0 Å². The Morgan fingerprint density at radius 2 is 2.14 bits per heavy atom. The molecule has 0 saturated heterocycles. The average molecular weight is 254 g/mol. The number of aryl methyl sites for hydroxylation is 1. The summed E-state index contributed by atoms with van der Waals surface area (Å²) in [4.78, 5) is 0. The molecule has 14 heavy (non-hydrogen) atoms. The third-order valence-electron chi connectivity index (χ3n) is 2.95. The van der Waals surface area contributed by atoms with Crippen molar-refractivity contribution in [2.75, 3.05) is 7.05 Å². The Bertz CT molecular complexity index is 331. The predicted molar refractivity (Wildman–Crippen MR) is 63.4 cm³/mol. The summed E-state index contributed by atoms with van der Waals surface area (Å²) in [6.45, 7) is 2.15. The molecule has 0 bridgehead atoms. The molecule has 1 unspecified atom stereocenters. The van der Waals surface area contributed by atoms with Gasteiger partial charge in [-0.2, -0.15) is 0 Å². The molecule has 0 radical (unpaired) electrons. The Labute approximate surface area is 94.0 Å². The summed E-state index contributed by atoms with van der Waals surface area (Å²) in [5.41, 5.74) is 2.75.